The van der Waals surface area contributed by atoms with Crippen molar-refractivity contribution in [3.63, 3.8) is 0 Å². The number of nitrogens with one attached hydrogen (secondary N) is 2. The molecule has 2 heterocycles. The Labute approximate surface area is 261 Å². The molecule has 242 valence electrons. The van der Waals surface area contributed by atoms with Gasteiger partial charge in [-0.05, 0) is 88.7 Å². The van der Waals surface area contributed by atoms with E-state index < -0.39 is 17.7 Å². The quantitative estimate of drug-likeness (QED) is 0.117. The van der Waals surface area contributed by atoms with E-state index >= 15 is 0 Å². The molecule has 0 radical (unpaired) electrons. The number of rotatable bonds is 11. The number of hydrazine groups is 1. The number of aromatic nitrogens is 1. The highest BCUT2D eigenvalue weighted by molar-refractivity contribution is 5.96. The van der Waals surface area contributed by atoms with Crippen molar-refractivity contribution in [1.29, 1.82) is 0 Å². The van der Waals surface area contributed by atoms with Crippen molar-refractivity contribution in [3.05, 3.63) is 94.2 Å². The molecular weight excluding hydrogens is 587 g/mol. The maximum Gasteiger partial charge on any atom is 0.416 e. The third-order valence-corrected chi connectivity index (χ3v) is 7.12. The first kappa shape index (κ1) is 34.9. The predicted molar refractivity (Wildman–Crippen MR) is 169 cm³/mol. The molecule has 0 unspecified atom stereocenters. The van der Waals surface area contributed by atoms with Crippen molar-refractivity contribution < 1.29 is 27.5 Å². The van der Waals surface area contributed by atoms with Crippen molar-refractivity contribution in [1.82, 2.24) is 15.2 Å². The summed E-state index contributed by atoms with van der Waals surface area (Å²) >= 11 is 0. The Hall–Kier alpha value is -4.62. The number of alkyl halides is 3. The van der Waals surface area contributed by atoms with Gasteiger partial charge in [-0.25, -0.2) is 10.8 Å². The van der Waals surface area contributed by atoms with Gasteiger partial charge in [0.2, 0.25) is 5.91 Å². The van der Waals surface area contributed by atoms with Gasteiger partial charge >= 0.3 is 6.18 Å². The van der Waals surface area contributed by atoms with Crippen LogP contribution >= 0.6 is 0 Å². The number of likely N-dealkylation sites (tertiary alicyclic amines) is 1. The molecule has 13 heteroatoms. The fourth-order valence-corrected chi connectivity index (χ4v) is 4.63. The molecular formula is C32H40F3N7O3. The summed E-state index contributed by atoms with van der Waals surface area (Å²) < 4.78 is 47.6. The van der Waals surface area contributed by atoms with Gasteiger partial charge in [-0.2, -0.15) is 13.2 Å². The van der Waals surface area contributed by atoms with E-state index in [0.29, 0.717) is 34.9 Å². The number of methoxy groups -OCH3 is 1. The van der Waals surface area contributed by atoms with Crippen LogP contribution in [0.3, 0.4) is 0 Å². The molecule has 0 aliphatic carbocycles. The molecule has 2 aromatic rings. The number of hydrogen-bond donors (Lipinski definition) is 4. The molecule has 1 aromatic carbocycles. The second-order valence-corrected chi connectivity index (χ2v) is 10.8. The number of ether oxygens (including phenoxy) is 1. The van der Waals surface area contributed by atoms with E-state index in [-0.39, 0.29) is 22.9 Å². The van der Waals surface area contributed by atoms with Crippen LogP contribution in [0.5, 0.6) is 0 Å². The highest BCUT2D eigenvalue weighted by Gasteiger charge is 2.33. The fraction of sp³-hybridized carbons (Fsp3) is 0.344. The zero-order valence-corrected chi connectivity index (χ0v) is 26.1. The van der Waals surface area contributed by atoms with Crippen molar-refractivity contribution in [2.75, 3.05) is 37.1 Å². The number of carbonyl (C=O) groups is 2. The van der Waals surface area contributed by atoms with Gasteiger partial charge in [-0.15, -0.1) is 0 Å². The standard InChI is InChI=1S/C32H40F3N7O3/c1-20-8-9-24(16-29(20)42(37)19-28(36)25-10-11-30(38-17-25)40-23(4)43)31(44)39-21(2)14-27(32(33,34)35)15-26(22(3)45-5)18-41-12-6-7-13-41/h8-11,14-17,19H,6-7,12-13,18,36-37H2,1-5H3,(H,39,44)(H,38,40,43)/b21-14+,26-22-,27-15+,28-19-. The molecule has 0 bridgehead atoms. The van der Waals surface area contributed by atoms with Crippen molar-refractivity contribution in [2.45, 2.75) is 46.7 Å². The van der Waals surface area contributed by atoms with Crippen molar-refractivity contribution in [3.8, 4) is 0 Å². The molecule has 1 aliphatic rings. The summed E-state index contributed by atoms with van der Waals surface area (Å²) in [7, 11) is 1.42. The number of amides is 2. The lowest BCUT2D eigenvalue weighted by atomic mass is 10.1. The van der Waals surface area contributed by atoms with E-state index in [9.17, 15) is 22.8 Å². The van der Waals surface area contributed by atoms with E-state index in [0.717, 1.165) is 43.6 Å². The summed E-state index contributed by atoms with van der Waals surface area (Å²) in [6.45, 7) is 8.13. The van der Waals surface area contributed by atoms with Crippen LogP contribution in [0, 0.1) is 6.92 Å². The van der Waals surface area contributed by atoms with Crippen molar-refractivity contribution >= 4 is 29.0 Å². The van der Waals surface area contributed by atoms with Gasteiger partial charge in [0.05, 0.1) is 29.8 Å². The van der Waals surface area contributed by atoms with Gasteiger partial charge < -0.3 is 21.1 Å². The minimum Gasteiger partial charge on any atom is -0.501 e. The van der Waals surface area contributed by atoms with E-state index in [1.165, 1.54) is 44.4 Å². The fourth-order valence-electron chi connectivity index (χ4n) is 4.63. The SMILES string of the molecule is CO/C(C)=C(/C=C(\C=C(/C)NC(=O)c1ccc(C)c(N(N)/C=C(\N)c2ccc(NC(C)=O)nc2)c1)C(F)(F)F)CN1CCCC1. The lowest BCUT2D eigenvalue weighted by Crippen LogP contribution is -2.28. The Balaban J connectivity index is 1.82. The molecule has 1 aromatic heterocycles. The number of anilines is 2. The summed E-state index contributed by atoms with van der Waals surface area (Å²) in [6, 6.07) is 7.98. The molecule has 1 aliphatic heterocycles. The average molecular weight is 628 g/mol. The topological polar surface area (TPSA) is 139 Å². The minimum absolute atomic E-state index is 0.00486. The smallest absolute Gasteiger partial charge is 0.416 e. The van der Waals surface area contributed by atoms with Crippen LogP contribution < -0.4 is 27.2 Å². The van der Waals surface area contributed by atoms with Crippen LogP contribution in [0.15, 0.2) is 77.5 Å². The molecule has 0 atom stereocenters. The summed E-state index contributed by atoms with van der Waals surface area (Å²) in [4.78, 5) is 30.5. The second kappa shape index (κ2) is 15.4. The van der Waals surface area contributed by atoms with Crippen LogP contribution in [0.4, 0.5) is 24.7 Å². The number of halogens is 3. The summed E-state index contributed by atoms with van der Waals surface area (Å²) in [6.07, 6.45) is 2.23. The average Bonchev–Trinajstić information content (AvgIpc) is 3.48. The zero-order chi connectivity index (χ0) is 33.3. The van der Waals surface area contributed by atoms with Gasteiger partial charge in [0, 0.05) is 48.3 Å². The van der Waals surface area contributed by atoms with Crippen LogP contribution in [0.1, 0.15) is 55.1 Å². The van der Waals surface area contributed by atoms with E-state index in [4.69, 9.17) is 16.3 Å². The molecule has 1 fully saturated rings. The minimum atomic E-state index is -4.67. The normalized spacial score (nSPS) is 15.4. The Morgan fingerprint density at radius 2 is 1.76 bits per heavy atom. The molecule has 10 nitrogen and oxygen atoms in total. The van der Waals surface area contributed by atoms with E-state index in [2.05, 4.69) is 20.5 Å². The second-order valence-electron chi connectivity index (χ2n) is 10.8. The van der Waals surface area contributed by atoms with Crippen LogP contribution in [-0.4, -0.2) is 54.6 Å². The number of nitrogens with two attached hydrogens (primary N) is 2. The highest BCUT2D eigenvalue weighted by atomic mass is 19.4. The third kappa shape index (κ3) is 10.2. The lowest BCUT2D eigenvalue weighted by Gasteiger charge is -2.19. The van der Waals surface area contributed by atoms with E-state index in [1.807, 2.05) is 0 Å². The molecule has 0 saturated carbocycles. The summed E-state index contributed by atoms with van der Waals surface area (Å²) in [5, 5.41) is 6.35. The Kier molecular flexibility index (Phi) is 11.9. The van der Waals surface area contributed by atoms with Gasteiger partial charge in [-0.3, -0.25) is 19.5 Å². The third-order valence-electron chi connectivity index (χ3n) is 7.12. The molecule has 3 rings (SSSR count). The Morgan fingerprint density at radius 1 is 1.09 bits per heavy atom. The zero-order valence-electron chi connectivity index (χ0n) is 26.1. The van der Waals surface area contributed by atoms with Crippen LogP contribution in [0.25, 0.3) is 5.70 Å². The number of benzene rings is 1. The molecule has 45 heavy (non-hydrogen) atoms. The van der Waals surface area contributed by atoms with Crippen LogP contribution in [0.2, 0.25) is 0 Å². The molecule has 2 amide bonds. The number of pyridine rings is 1. The largest absolute Gasteiger partial charge is 0.501 e. The highest BCUT2D eigenvalue weighted by Crippen LogP contribution is 2.30. The summed E-state index contributed by atoms with van der Waals surface area (Å²) in [5.41, 5.74) is 7.85. The van der Waals surface area contributed by atoms with Gasteiger partial charge in [0.15, 0.2) is 0 Å². The first-order valence-corrected chi connectivity index (χ1v) is 14.3. The predicted octanol–water partition coefficient (Wildman–Crippen LogP) is 5.12. The van der Waals surface area contributed by atoms with E-state index in [1.54, 1.807) is 38.1 Å². The van der Waals surface area contributed by atoms with Gasteiger partial charge in [0.1, 0.15) is 5.82 Å². The maximum absolute atomic E-state index is 14.1. The van der Waals surface area contributed by atoms with Crippen LogP contribution in [-0.2, 0) is 9.53 Å². The Morgan fingerprint density at radius 3 is 2.33 bits per heavy atom. The molecule has 1 saturated heterocycles. The maximum atomic E-state index is 14.1. The Bertz CT molecular complexity index is 1510. The molecule has 6 N–H and O–H groups in total. The first-order valence-electron chi connectivity index (χ1n) is 14.3. The lowest BCUT2D eigenvalue weighted by molar-refractivity contribution is -0.114. The number of hydrogen-bond acceptors (Lipinski definition) is 8. The number of aryl methyl sites for hydroxylation is 1. The first-order chi connectivity index (χ1) is 21.2. The number of nitrogens with zero attached hydrogens (tertiary/aromatic N) is 3. The monoisotopic (exact) mass is 627 g/mol. The van der Waals surface area contributed by atoms with Gasteiger partial charge in [0.25, 0.3) is 5.91 Å². The van der Waals surface area contributed by atoms with Crippen molar-refractivity contribution in [2.24, 2.45) is 11.6 Å². The number of allylic oxidation sites excluding steroid dienone is 4. The number of carbonyl (C=O) groups excluding carboxylic acids is 2. The molecule has 0 spiro atoms. The summed E-state index contributed by atoms with van der Waals surface area (Å²) in [5.74, 6) is 6.15. The van der Waals surface area contributed by atoms with Gasteiger partial charge in [-0.1, -0.05) is 6.07 Å².